The van der Waals surface area contributed by atoms with Crippen LogP contribution in [0.4, 0.5) is 26.3 Å². The summed E-state index contributed by atoms with van der Waals surface area (Å²) in [4.78, 5) is 14.3. The van der Waals surface area contributed by atoms with Crippen LogP contribution in [-0.4, -0.2) is 9.97 Å². The van der Waals surface area contributed by atoms with Crippen LogP contribution in [0.15, 0.2) is 16.9 Å². The van der Waals surface area contributed by atoms with Crippen LogP contribution in [0.1, 0.15) is 11.1 Å². The maximum absolute atomic E-state index is 12.5. The average Bonchev–Trinajstić information content (AvgIpc) is 2.53. The second-order valence-corrected chi connectivity index (χ2v) is 3.49. The fourth-order valence-corrected chi connectivity index (χ4v) is 1.59. The number of alkyl halides is 6. The smallest absolute Gasteiger partial charge is 0.305 e. The second kappa shape index (κ2) is 3.53. The van der Waals surface area contributed by atoms with Gasteiger partial charge in [0, 0.05) is 0 Å². The summed E-state index contributed by atoms with van der Waals surface area (Å²) >= 11 is 0. The number of aromatic amines is 2. The molecule has 0 bridgehead atoms. The van der Waals surface area contributed by atoms with Gasteiger partial charge in [-0.25, -0.2) is 4.79 Å². The van der Waals surface area contributed by atoms with Crippen molar-refractivity contribution in [2.45, 2.75) is 12.4 Å². The van der Waals surface area contributed by atoms with Gasteiger partial charge in [-0.15, -0.1) is 0 Å². The summed E-state index contributed by atoms with van der Waals surface area (Å²) in [6, 6.07) is 0.573. The summed E-state index contributed by atoms with van der Waals surface area (Å²) in [5.41, 5.74) is -5.59. The normalized spacial score (nSPS) is 13.2. The first-order valence-electron chi connectivity index (χ1n) is 4.50. The van der Waals surface area contributed by atoms with Crippen molar-refractivity contribution in [3.63, 3.8) is 0 Å². The molecule has 0 radical (unpaired) electrons. The minimum absolute atomic E-state index is 0.287. The SMILES string of the molecule is O=c1[nH]c2c(C(F)(F)F)ccc(C(F)(F)F)c2[nH]1. The van der Waals surface area contributed by atoms with Crippen molar-refractivity contribution in [1.29, 1.82) is 0 Å². The largest absolute Gasteiger partial charge is 0.418 e. The Kier molecular flexibility index (Phi) is 2.46. The maximum atomic E-state index is 12.5. The summed E-state index contributed by atoms with van der Waals surface area (Å²) in [5, 5.41) is 0. The molecule has 2 aromatic rings. The minimum Gasteiger partial charge on any atom is -0.305 e. The van der Waals surface area contributed by atoms with Crippen LogP contribution in [0.2, 0.25) is 0 Å². The van der Waals surface area contributed by atoms with Gasteiger partial charge in [-0.1, -0.05) is 0 Å². The lowest BCUT2D eigenvalue weighted by Crippen LogP contribution is -2.10. The molecule has 0 saturated carbocycles. The number of hydrogen-bond acceptors (Lipinski definition) is 1. The van der Waals surface area contributed by atoms with Crippen molar-refractivity contribution in [3.8, 4) is 0 Å². The first-order valence-corrected chi connectivity index (χ1v) is 4.50. The van der Waals surface area contributed by atoms with E-state index >= 15 is 0 Å². The molecule has 3 nitrogen and oxygen atoms in total. The van der Waals surface area contributed by atoms with Gasteiger partial charge < -0.3 is 9.97 Å². The van der Waals surface area contributed by atoms with Gasteiger partial charge in [-0.3, -0.25) is 0 Å². The Morgan fingerprint density at radius 3 is 1.39 bits per heavy atom. The standard InChI is InChI=1S/C9H4F6N2O/c10-8(11,12)3-1-2-4(9(13,14)15)6-5(3)16-7(18)17-6/h1-2H,(H2,16,17,18). The molecule has 0 amide bonds. The van der Waals surface area contributed by atoms with Crippen molar-refractivity contribution in [2.75, 3.05) is 0 Å². The number of hydrogen-bond donors (Lipinski definition) is 2. The third-order valence-corrected chi connectivity index (χ3v) is 2.29. The quantitative estimate of drug-likeness (QED) is 0.710. The average molecular weight is 270 g/mol. The minimum atomic E-state index is -4.85. The van der Waals surface area contributed by atoms with Gasteiger partial charge in [-0.2, -0.15) is 26.3 Å². The zero-order valence-corrected chi connectivity index (χ0v) is 8.33. The molecule has 1 heterocycles. The molecule has 2 N–H and O–H groups in total. The number of halogens is 6. The van der Waals surface area contributed by atoms with E-state index in [-0.39, 0.29) is 12.1 Å². The lowest BCUT2D eigenvalue weighted by molar-refractivity contribution is -0.139. The molecule has 98 valence electrons. The predicted molar refractivity (Wildman–Crippen MR) is 48.9 cm³/mol. The van der Waals surface area contributed by atoms with Crippen LogP contribution >= 0.6 is 0 Å². The molecule has 0 spiro atoms. The molecular formula is C9H4F6N2O. The van der Waals surface area contributed by atoms with E-state index in [0.29, 0.717) is 0 Å². The highest BCUT2D eigenvalue weighted by Gasteiger charge is 2.38. The highest BCUT2D eigenvalue weighted by atomic mass is 19.4. The number of benzene rings is 1. The Morgan fingerprint density at radius 2 is 1.11 bits per heavy atom. The molecule has 0 aliphatic rings. The number of H-pyrrole nitrogens is 2. The van der Waals surface area contributed by atoms with Gasteiger partial charge in [0.2, 0.25) is 0 Å². The zero-order valence-electron chi connectivity index (χ0n) is 8.33. The van der Waals surface area contributed by atoms with E-state index in [9.17, 15) is 31.1 Å². The van der Waals surface area contributed by atoms with Crippen LogP contribution in [0.25, 0.3) is 11.0 Å². The first-order chi connectivity index (χ1) is 8.10. The number of fused-ring (bicyclic) bond motifs is 1. The van der Waals surface area contributed by atoms with Crippen molar-refractivity contribution >= 4 is 11.0 Å². The van der Waals surface area contributed by atoms with Crippen LogP contribution in [0.5, 0.6) is 0 Å². The van der Waals surface area contributed by atoms with Crippen LogP contribution < -0.4 is 5.69 Å². The molecule has 0 atom stereocenters. The third kappa shape index (κ3) is 1.95. The van der Waals surface area contributed by atoms with Crippen molar-refractivity contribution in [2.24, 2.45) is 0 Å². The molecular weight excluding hydrogens is 266 g/mol. The van der Waals surface area contributed by atoms with Crippen molar-refractivity contribution in [3.05, 3.63) is 33.7 Å². The van der Waals surface area contributed by atoms with Gasteiger partial charge in [0.05, 0.1) is 22.2 Å². The van der Waals surface area contributed by atoms with Crippen LogP contribution in [0.3, 0.4) is 0 Å². The summed E-state index contributed by atoms with van der Waals surface area (Å²) in [5.74, 6) is 0. The molecule has 9 heteroatoms. The number of imidazole rings is 1. The molecule has 1 aromatic heterocycles. The highest BCUT2D eigenvalue weighted by molar-refractivity contribution is 5.82. The van der Waals surface area contributed by atoms with E-state index in [4.69, 9.17) is 0 Å². The first kappa shape index (κ1) is 12.5. The maximum Gasteiger partial charge on any atom is 0.418 e. The number of aromatic nitrogens is 2. The molecule has 0 saturated heterocycles. The molecule has 1 aromatic carbocycles. The Balaban J connectivity index is 2.87. The van der Waals surface area contributed by atoms with E-state index in [1.807, 2.05) is 0 Å². The fourth-order valence-electron chi connectivity index (χ4n) is 1.59. The summed E-state index contributed by atoms with van der Waals surface area (Å²) in [6.45, 7) is 0. The Hall–Kier alpha value is -1.93. The Morgan fingerprint density at radius 1 is 0.778 bits per heavy atom. The topological polar surface area (TPSA) is 48.6 Å². The number of rotatable bonds is 0. The van der Waals surface area contributed by atoms with E-state index in [2.05, 4.69) is 0 Å². The monoisotopic (exact) mass is 270 g/mol. The van der Waals surface area contributed by atoms with Crippen LogP contribution in [-0.2, 0) is 12.4 Å². The van der Waals surface area contributed by atoms with Crippen molar-refractivity contribution < 1.29 is 26.3 Å². The molecule has 0 unspecified atom stereocenters. The third-order valence-electron chi connectivity index (χ3n) is 2.29. The molecule has 18 heavy (non-hydrogen) atoms. The van der Waals surface area contributed by atoms with E-state index in [0.717, 1.165) is 0 Å². The van der Waals surface area contributed by atoms with Gasteiger partial charge in [-0.05, 0) is 12.1 Å². The second-order valence-electron chi connectivity index (χ2n) is 3.49. The number of nitrogens with one attached hydrogen (secondary N) is 2. The van der Waals surface area contributed by atoms with Crippen molar-refractivity contribution in [1.82, 2.24) is 9.97 Å². The highest BCUT2D eigenvalue weighted by Crippen LogP contribution is 2.38. The summed E-state index contributed by atoms with van der Waals surface area (Å²) in [7, 11) is 0. The molecule has 0 aliphatic heterocycles. The predicted octanol–water partition coefficient (Wildman–Crippen LogP) is 2.89. The van der Waals surface area contributed by atoms with E-state index in [1.54, 1.807) is 9.97 Å². The van der Waals surface area contributed by atoms with E-state index < -0.39 is 40.2 Å². The van der Waals surface area contributed by atoms with Crippen LogP contribution in [0, 0.1) is 0 Å². The molecule has 0 aliphatic carbocycles. The lowest BCUT2D eigenvalue weighted by atomic mass is 10.1. The summed E-state index contributed by atoms with van der Waals surface area (Å²) < 4.78 is 75.2. The fraction of sp³-hybridized carbons (Fsp3) is 0.222. The van der Waals surface area contributed by atoms with Gasteiger partial charge >= 0.3 is 18.0 Å². The Bertz CT molecular complexity index is 594. The zero-order chi connectivity index (χ0) is 13.7. The lowest BCUT2D eigenvalue weighted by Gasteiger charge is -2.11. The Labute approximate surface area is 94.4 Å². The van der Waals surface area contributed by atoms with Gasteiger partial charge in [0.25, 0.3) is 0 Å². The molecule has 0 fully saturated rings. The summed E-state index contributed by atoms with van der Waals surface area (Å²) in [6.07, 6.45) is -9.71. The van der Waals surface area contributed by atoms with Gasteiger partial charge in [0.15, 0.2) is 0 Å². The molecule has 2 rings (SSSR count). The van der Waals surface area contributed by atoms with E-state index in [1.165, 1.54) is 0 Å². The van der Waals surface area contributed by atoms with Gasteiger partial charge in [0.1, 0.15) is 0 Å².